The summed E-state index contributed by atoms with van der Waals surface area (Å²) >= 11 is 1.39. The van der Waals surface area contributed by atoms with Gasteiger partial charge in [-0.2, -0.15) is 0 Å². The number of ketones is 1. The summed E-state index contributed by atoms with van der Waals surface area (Å²) < 4.78 is 0. The van der Waals surface area contributed by atoms with Crippen molar-refractivity contribution < 1.29 is 4.79 Å². The minimum atomic E-state index is 0.122. The van der Waals surface area contributed by atoms with Crippen LogP contribution in [-0.4, -0.2) is 24.9 Å². The lowest BCUT2D eigenvalue weighted by Gasteiger charge is -2.11. The summed E-state index contributed by atoms with van der Waals surface area (Å²) in [6, 6.07) is 7.78. The van der Waals surface area contributed by atoms with Crippen LogP contribution >= 0.6 is 11.3 Å². The minimum absolute atomic E-state index is 0.122. The van der Waals surface area contributed by atoms with Gasteiger partial charge in [-0.3, -0.25) is 4.79 Å². The number of hydrogen-bond acceptors (Lipinski definition) is 6. The lowest BCUT2D eigenvalue weighted by molar-refractivity contribution is -0.116. The van der Waals surface area contributed by atoms with E-state index < -0.39 is 0 Å². The largest absolute Gasteiger partial charge is 0.378 e. The zero-order valence-corrected chi connectivity index (χ0v) is 12.5. The van der Waals surface area contributed by atoms with Gasteiger partial charge in [0.25, 0.3) is 0 Å². The number of carbonyl (C=O) groups is 1. The molecule has 0 saturated heterocycles. The fourth-order valence-corrected chi connectivity index (χ4v) is 2.39. The Morgan fingerprint density at radius 1 is 1.25 bits per heavy atom. The molecule has 0 unspecified atom stereocenters. The van der Waals surface area contributed by atoms with E-state index >= 15 is 0 Å². The molecular formula is C14H16N4OS. The molecule has 0 radical (unpaired) electrons. The van der Waals surface area contributed by atoms with E-state index in [2.05, 4.69) is 15.2 Å². The first-order chi connectivity index (χ1) is 9.54. The van der Waals surface area contributed by atoms with Crippen molar-refractivity contribution in [3.63, 3.8) is 0 Å². The van der Waals surface area contributed by atoms with Gasteiger partial charge in [0.15, 0.2) is 0 Å². The molecule has 1 aromatic heterocycles. The second-order valence-electron chi connectivity index (χ2n) is 4.60. The molecule has 0 amide bonds. The molecule has 1 aromatic carbocycles. The summed E-state index contributed by atoms with van der Waals surface area (Å²) in [5, 5.41) is 8.79. The van der Waals surface area contributed by atoms with Gasteiger partial charge >= 0.3 is 0 Å². The van der Waals surface area contributed by atoms with Crippen LogP contribution in [0.5, 0.6) is 0 Å². The zero-order valence-electron chi connectivity index (χ0n) is 11.7. The van der Waals surface area contributed by atoms with E-state index in [0.29, 0.717) is 11.6 Å². The summed E-state index contributed by atoms with van der Waals surface area (Å²) in [4.78, 5) is 18.1. The SMILES string of the molecule is CC(=O)Cc1cnc(N=Nc2ccc(N(C)C)cc2)s1. The predicted octanol–water partition coefficient (Wildman–Crippen LogP) is 3.76. The Bertz CT molecular complexity index is 616. The van der Waals surface area contributed by atoms with E-state index in [1.165, 1.54) is 11.3 Å². The number of Topliss-reactive ketones (excluding diaryl/α,β-unsaturated/α-hetero) is 1. The maximum absolute atomic E-state index is 11.0. The van der Waals surface area contributed by atoms with Crippen LogP contribution in [0.2, 0.25) is 0 Å². The number of hydrogen-bond donors (Lipinski definition) is 0. The first-order valence-corrected chi connectivity index (χ1v) is 6.99. The van der Waals surface area contributed by atoms with E-state index in [0.717, 1.165) is 16.3 Å². The molecule has 5 nitrogen and oxygen atoms in total. The van der Waals surface area contributed by atoms with Gasteiger partial charge in [-0.15, -0.1) is 10.2 Å². The molecule has 1 heterocycles. The molecule has 0 atom stereocenters. The molecule has 0 aliphatic rings. The highest BCUT2D eigenvalue weighted by Gasteiger charge is 2.03. The number of azo groups is 1. The summed E-state index contributed by atoms with van der Waals surface area (Å²) in [6.07, 6.45) is 2.08. The second kappa shape index (κ2) is 6.38. The Hall–Kier alpha value is -2.08. The standard InChI is InChI=1S/C14H16N4OS/c1-10(19)8-13-9-15-14(20-13)17-16-11-4-6-12(7-5-11)18(2)3/h4-7,9H,8H2,1-3H3. The molecule has 0 aliphatic heterocycles. The fraction of sp³-hybridized carbons (Fsp3) is 0.286. The third kappa shape index (κ3) is 3.96. The van der Waals surface area contributed by atoms with E-state index in [1.54, 1.807) is 13.1 Å². The molecular weight excluding hydrogens is 272 g/mol. The molecule has 0 saturated carbocycles. The van der Waals surface area contributed by atoms with E-state index in [9.17, 15) is 4.79 Å². The van der Waals surface area contributed by atoms with Crippen molar-refractivity contribution in [2.75, 3.05) is 19.0 Å². The molecule has 0 N–H and O–H groups in total. The van der Waals surface area contributed by atoms with Crippen LogP contribution in [0, 0.1) is 0 Å². The van der Waals surface area contributed by atoms with Crippen LogP contribution < -0.4 is 4.90 Å². The quantitative estimate of drug-likeness (QED) is 0.787. The summed E-state index contributed by atoms with van der Waals surface area (Å²) in [6.45, 7) is 1.56. The molecule has 2 rings (SSSR count). The Labute approximate surface area is 122 Å². The normalized spacial score (nSPS) is 10.9. The predicted molar refractivity (Wildman–Crippen MR) is 81.4 cm³/mol. The van der Waals surface area contributed by atoms with Crippen molar-refractivity contribution >= 4 is 33.6 Å². The number of thiazole rings is 1. The maximum Gasteiger partial charge on any atom is 0.230 e. The van der Waals surface area contributed by atoms with Gasteiger partial charge in [0.05, 0.1) is 5.69 Å². The van der Waals surface area contributed by atoms with Gasteiger partial charge in [-0.25, -0.2) is 4.98 Å². The smallest absolute Gasteiger partial charge is 0.230 e. The number of benzene rings is 1. The second-order valence-corrected chi connectivity index (χ2v) is 5.69. The number of anilines is 1. The minimum Gasteiger partial charge on any atom is -0.378 e. The third-order valence-corrected chi connectivity index (χ3v) is 3.46. The van der Waals surface area contributed by atoms with Crippen LogP contribution in [0.25, 0.3) is 0 Å². The Kier molecular flexibility index (Phi) is 4.57. The monoisotopic (exact) mass is 288 g/mol. The van der Waals surface area contributed by atoms with Crippen molar-refractivity contribution in [2.24, 2.45) is 10.2 Å². The number of aromatic nitrogens is 1. The van der Waals surface area contributed by atoms with Crippen LogP contribution in [-0.2, 0) is 11.2 Å². The van der Waals surface area contributed by atoms with Gasteiger partial charge in [0.1, 0.15) is 5.78 Å². The fourth-order valence-electron chi connectivity index (χ4n) is 1.59. The molecule has 6 heteroatoms. The topological polar surface area (TPSA) is 57.9 Å². The average Bonchev–Trinajstić information content (AvgIpc) is 2.83. The lowest BCUT2D eigenvalue weighted by atomic mass is 10.3. The first-order valence-electron chi connectivity index (χ1n) is 6.18. The van der Waals surface area contributed by atoms with Gasteiger partial charge in [0, 0.05) is 37.3 Å². The Balaban J connectivity index is 2.05. The molecule has 0 fully saturated rings. The summed E-state index contributed by atoms with van der Waals surface area (Å²) in [5.74, 6) is 0.122. The highest BCUT2D eigenvalue weighted by molar-refractivity contribution is 7.15. The Morgan fingerprint density at radius 3 is 2.55 bits per heavy atom. The third-order valence-electron chi connectivity index (χ3n) is 2.58. The highest BCUT2D eigenvalue weighted by Crippen LogP contribution is 2.25. The number of carbonyl (C=O) groups excluding carboxylic acids is 1. The Morgan fingerprint density at radius 2 is 1.95 bits per heavy atom. The van der Waals surface area contributed by atoms with Crippen molar-refractivity contribution in [1.82, 2.24) is 4.98 Å². The molecule has 20 heavy (non-hydrogen) atoms. The van der Waals surface area contributed by atoms with E-state index in [4.69, 9.17) is 0 Å². The summed E-state index contributed by atoms with van der Waals surface area (Å²) in [7, 11) is 3.98. The maximum atomic E-state index is 11.0. The van der Waals surface area contributed by atoms with Gasteiger partial charge in [0.2, 0.25) is 5.13 Å². The average molecular weight is 288 g/mol. The molecule has 0 aliphatic carbocycles. The lowest BCUT2D eigenvalue weighted by Crippen LogP contribution is -2.07. The summed E-state index contributed by atoms with van der Waals surface area (Å²) in [5.41, 5.74) is 1.89. The number of nitrogens with zero attached hydrogens (tertiary/aromatic N) is 4. The van der Waals surface area contributed by atoms with Crippen molar-refractivity contribution in [3.8, 4) is 0 Å². The van der Waals surface area contributed by atoms with Crippen molar-refractivity contribution in [3.05, 3.63) is 35.3 Å². The van der Waals surface area contributed by atoms with Crippen molar-refractivity contribution in [2.45, 2.75) is 13.3 Å². The van der Waals surface area contributed by atoms with Crippen LogP contribution in [0.4, 0.5) is 16.5 Å². The van der Waals surface area contributed by atoms with E-state index in [1.807, 2.05) is 43.3 Å². The van der Waals surface area contributed by atoms with Gasteiger partial charge in [-0.1, -0.05) is 11.3 Å². The molecule has 0 bridgehead atoms. The zero-order chi connectivity index (χ0) is 14.5. The molecule has 2 aromatic rings. The van der Waals surface area contributed by atoms with Gasteiger partial charge in [-0.05, 0) is 31.2 Å². The number of rotatable bonds is 5. The highest BCUT2D eigenvalue weighted by atomic mass is 32.1. The molecule has 0 spiro atoms. The van der Waals surface area contributed by atoms with Gasteiger partial charge < -0.3 is 4.90 Å². The van der Waals surface area contributed by atoms with Crippen LogP contribution in [0.15, 0.2) is 40.7 Å². The first kappa shape index (κ1) is 14.3. The van der Waals surface area contributed by atoms with Crippen LogP contribution in [0.3, 0.4) is 0 Å². The van der Waals surface area contributed by atoms with Crippen molar-refractivity contribution in [1.29, 1.82) is 0 Å². The molecule has 104 valence electrons. The van der Waals surface area contributed by atoms with Crippen LogP contribution in [0.1, 0.15) is 11.8 Å². The van der Waals surface area contributed by atoms with E-state index in [-0.39, 0.29) is 5.78 Å².